The van der Waals surface area contributed by atoms with E-state index in [1.807, 2.05) is 6.07 Å². The van der Waals surface area contributed by atoms with Gasteiger partial charge in [0.15, 0.2) is 5.82 Å². The molecule has 9 nitrogen and oxygen atoms in total. The Labute approximate surface area is 204 Å². The third-order valence-corrected chi connectivity index (χ3v) is 5.86. The van der Waals surface area contributed by atoms with E-state index in [0.29, 0.717) is 52.4 Å². The molecule has 2 aromatic heterocycles. The number of methoxy groups -OCH3 is 2. The van der Waals surface area contributed by atoms with Crippen LogP contribution in [-0.4, -0.2) is 39.7 Å². The zero-order valence-electron chi connectivity index (χ0n) is 18.9. The lowest BCUT2D eigenvalue weighted by molar-refractivity contribution is 0.391. The molecule has 2 N–H and O–H groups in total. The Morgan fingerprint density at radius 1 is 1.11 bits per heavy atom. The summed E-state index contributed by atoms with van der Waals surface area (Å²) in [7, 11) is 3.09. The third-order valence-electron chi connectivity index (χ3n) is 5.13. The maximum absolute atomic E-state index is 13.4. The van der Waals surface area contributed by atoms with Gasteiger partial charge in [-0.05, 0) is 54.3 Å². The number of aromatic amines is 1. The van der Waals surface area contributed by atoms with Crippen molar-refractivity contribution < 1.29 is 13.9 Å². The van der Waals surface area contributed by atoms with Gasteiger partial charge in [0.25, 0.3) is 0 Å². The molecule has 0 saturated heterocycles. The number of H-pyrrole nitrogens is 1. The molecule has 2 aromatic carbocycles. The lowest BCUT2D eigenvalue weighted by Gasteiger charge is -2.17. The Morgan fingerprint density at radius 3 is 2.54 bits per heavy atom. The van der Waals surface area contributed by atoms with E-state index >= 15 is 0 Å². The van der Waals surface area contributed by atoms with Crippen molar-refractivity contribution in [1.29, 1.82) is 5.26 Å². The Kier molecular flexibility index (Phi) is 7.32. The van der Waals surface area contributed by atoms with E-state index in [2.05, 4.69) is 19.9 Å². The van der Waals surface area contributed by atoms with Gasteiger partial charge in [-0.25, -0.2) is 4.39 Å². The van der Waals surface area contributed by atoms with Crippen molar-refractivity contribution in [2.75, 3.05) is 24.7 Å². The molecule has 0 spiro atoms. The number of nitrogens with zero attached hydrogens (tertiary/aromatic N) is 4. The van der Waals surface area contributed by atoms with Crippen molar-refractivity contribution in [2.24, 2.45) is 0 Å². The lowest BCUT2D eigenvalue weighted by Crippen LogP contribution is -2.10. The van der Waals surface area contributed by atoms with Crippen LogP contribution in [0.1, 0.15) is 11.1 Å². The largest absolute Gasteiger partial charge is 0.494 e. The van der Waals surface area contributed by atoms with Gasteiger partial charge in [0.05, 0.1) is 31.5 Å². The smallest absolute Gasteiger partial charge is 0.248 e. The molecule has 0 amide bonds. The predicted molar refractivity (Wildman–Crippen MR) is 131 cm³/mol. The molecule has 178 valence electrons. The summed E-state index contributed by atoms with van der Waals surface area (Å²) in [5.41, 5.74) is 1.79. The normalized spacial score (nSPS) is 10.6. The fraction of sp³-hybridized carbons (Fsp3) is 0.167. The van der Waals surface area contributed by atoms with Crippen LogP contribution in [0.3, 0.4) is 0 Å². The molecule has 0 atom stereocenters. The lowest BCUT2D eigenvalue weighted by atomic mass is 10.1. The number of nitriles is 1. The number of hydrogen-bond acceptors (Lipinski definition) is 8. The van der Waals surface area contributed by atoms with Gasteiger partial charge >= 0.3 is 0 Å². The summed E-state index contributed by atoms with van der Waals surface area (Å²) in [6.45, 7) is 0. The molecule has 11 heteroatoms. The molecule has 0 bridgehead atoms. The van der Waals surface area contributed by atoms with Crippen molar-refractivity contribution in [3.63, 3.8) is 0 Å². The van der Waals surface area contributed by atoms with Crippen molar-refractivity contribution in [3.05, 3.63) is 81.9 Å². The highest BCUT2D eigenvalue weighted by Gasteiger charge is 2.22. The third kappa shape index (κ3) is 5.12. The van der Waals surface area contributed by atoms with Crippen LogP contribution in [0.25, 0.3) is 17.2 Å². The van der Waals surface area contributed by atoms with Gasteiger partial charge in [-0.1, -0.05) is 18.2 Å². The summed E-state index contributed by atoms with van der Waals surface area (Å²) >= 11 is 1.34. The summed E-state index contributed by atoms with van der Waals surface area (Å²) in [6.07, 6.45) is 0.534. The van der Waals surface area contributed by atoms with Crippen molar-refractivity contribution >= 4 is 17.9 Å². The van der Waals surface area contributed by atoms with Crippen LogP contribution in [0, 0.1) is 17.1 Å². The fourth-order valence-corrected chi connectivity index (χ4v) is 4.20. The second kappa shape index (κ2) is 10.8. The van der Waals surface area contributed by atoms with E-state index in [4.69, 9.17) is 9.47 Å². The van der Waals surface area contributed by atoms with Crippen LogP contribution in [0.5, 0.6) is 11.5 Å². The second-order valence-corrected chi connectivity index (χ2v) is 8.14. The predicted octanol–water partition coefficient (Wildman–Crippen LogP) is 3.95. The zero-order valence-corrected chi connectivity index (χ0v) is 19.7. The van der Waals surface area contributed by atoms with Gasteiger partial charge in [0, 0.05) is 11.8 Å². The van der Waals surface area contributed by atoms with Crippen molar-refractivity contribution in [2.45, 2.75) is 6.42 Å². The number of para-hydroxylation sites is 1. The number of pyridine rings is 1. The molecule has 0 radical (unpaired) electrons. The molecule has 0 aliphatic carbocycles. The number of rotatable bonds is 9. The first-order valence-electron chi connectivity index (χ1n) is 10.5. The molecule has 0 saturated carbocycles. The highest BCUT2D eigenvalue weighted by molar-refractivity contribution is 8.00. The SMILES string of the molecule is COc1cccc(OC)c1-n1c(NSCCc2ccc(F)cc2C#N)nnc1-c1cccc(=O)[nH]1. The second-order valence-electron chi connectivity index (χ2n) is 7.24. The molecular weight excluding hydrogens is 471 g/mol. The first-order chi connectivity index (χ1) is 17.0. The van der Waals surface area contributed by atoms with Crippen LogP contribution < -0.4 is 19.8 Å². The summed E-state index contributed by atoms with van der Waals surface area (Å²) in [5, 5.41) is 17.8. The highest BCUT2D eigenvalue weighted by Crippen LogP contribution is 2.37. The Balaban J connectivity index is 1.67. The number of ether oxygens (including phenoxy) is 2. The molecule has 2 heterocycles. The monoisotopic (exact) mass is 492 g/mol. The van der Waals surface area contributed by atoms with Gasteiger partial charge in [-0.2, -0.15) is 5.26 Å². The number of anilines is 1. The maximum atomic E-state index is 13.4. The number of halogens is 1. The van der Waals surface area contributed by atoms with Gasteiger partial charge in [0.2, 0.25) is 11.5 Å². The molecular formula is C24H21FN6O3S. The van der Waals surface area contributed by atoms with E-state index < -0.39 is 5.82 Å². The molecule has 4 rings (SSSR count). The summed E-state index contributed by atoms with van der Waals surface area (Å²) in [6, 6.07) is 16.3. The van der Waals surface area contributed by atoms with Crippen molar-refractivity contribution in [3.8, 4) is 34.8 Å². The summed E-state index contributed by atoms with van der Waals surface area (Å²) in [4.78, 5) is 14.7. The topological polar surface area (TPSA) is 118 Å². The molecule has 35 heavy (non-hydrogen) atoms. The van der Waals surface area contributed by atoms with Crippen molar-refractivity contribution in [1.82, 2.24) is 19.7 Å². The van der Waals surface area contributed by atoms with Gasteiger partial charge in [-0.15, -0.1) is 10.2 Å². The Morgan fingerprint density at radius 2 is 1.86 bits per heavy atom. The Hall–Kier alpha value is -4.30. The van der Waals surface area contributed by atoms with E-state index in [-0.39, 0.29) is 5.56 Å². The minimum atomic E-state index is -0.443. The number of benzene rings is 2. The molecule has 4 aromatic rings. The van der Waals surface area contributed by atoms with E-state index in [0.717, 1.165) is 5.56 Å². The first kappa shape index (κ1) is 23.8. The molecule has 0 fully saturated rings. The number of aryl methyl sites for hydroxylation is 1. The highest BCUT2D eigenvalue weighted by atomic mass is 32.2. The summed E-state index contributed by atoms with van der Waals surface area (Å²) in [5.74, 6) is 1.90. The zero-order chi connectivity index (χ0) is 24.8. The van der Waals surface area contributed by atoms with E-state index in [1.165, 1.54) is 30.1 Å². The molecule has 0 unspecified atom stereocenters. The van der Waals surface area contributed by atoms with Crippen LogP contribution in [-0.2, 0) is 6.42 Å². The van der Waals surface area contributed by atoms with Gasteiger partial charge in [0.1, 0.15) is 23.0 Å². The summed E-state index contributed by atoms with van der Waals surface area (Å²) < 4.78 is 29.4. The van der Waals surface area contributed by atoms with Crippen LogP contribution >= 0.6 is 11.9 Å². The van der Waals surface area contributed by atoms with E-state index in [9.17, 15) is 14.4 Å². The average Bonchev–Trinajstić information content (AvgIpc) is 3.30. The average molecular weight is 493 g/mol. The minimum absolute atomic E-state index is 0.277. The quantitative estimate of drug-likeness (QED) is 0.266. The maximum Gasteiger partial charge on any atom is 0.248 e. The molecule has 0 aliphatic heterocycles. The van der Waals surface area contributed by atoms with Crippen LogP contribution in [0.2, 0.25) is 0 Å². The number of hydrogen-bond donors (Lipinski definition) is 2. The van der Waals surface area contributed by atoms with E-state index in [1.54, 1.807) is 55.2 Å². The fourth-order valence-electron chi connectivity index (χ4n) is 3.51. The first-order valence-corrected chi connectivity index (χ1v) is 11.5. The molecule has 0 aliphatic rings. The van der Waals surface area contributed by atoms with Crippen LogP contribution in [0.4, 0.5) is 10.3 Å². The van der Waals surface area contributed by atoms with Crippen LogP contribution in [0.15, 0.2) is 59.4 Å². The van der Waals surface area contributed by atoms with Gasteiger partial charge in [-0.3, -0.25) is 14.1 Å². The minimum Gasteiger partial charge on any atom is -0.494 e. The van der Waals surface area contributed by atoms with Gasteiger partial charge < -0.3 is 14.5 Å². The Bertz CT molecular complexity index is 1420. The standard InChI is InChI=1S/C24H21FN6O3S/c1-33-19-6-4-7-20(34-2)22(19)31-23(18-5-3-8-21(32)27-18)28-29-24(31)30-35-12-11-15-9-10-17(25)13-16(15)14-26/h3-10,13H,11-12H2,1-2H3,(H,27,32)(H,29,30). The number of aromatic nitrogens is 4. The number of nitrogens with one attached hydrogen (secondary N) is 2.